The van der Waals surface area contributed by atoms with Gasteiger partial charge in [0.2, 0.25) is 0 Å². The molecule has 0 aliphatic carbocycles. The van der Waals surface area contributed by atoms with E-state index in [4.69, 9.17) is 0 Å². The molecular weight excluding hydrogens is 224 g/mol. The maximum Gasteiger partial charge on any atom is 0.164 e. The van der Waals surface area contributed by atoms with E-state index in [0.29, 0.717) is 5.69 Å². The molecule has 18 heavy (non-hydrogen) atoms. The van der Waals surface area contributed by atoms with Gasteiger partial charge in [0.15, 0.2) is 5.75 Å². The van der Waals surface area contributed by atoms with Crippen LogP contribution < -0.4 is 0 Å². The standard InChI is InChI=1S/C15H20N2O/c1-5-12-6-8-13(9-7-12)14-15(18)11(4)17(16-14)10(2)3/h6-10,18H,5H2,1-4H3. The summed E-state index contributed by atoms with van der Waals surface area (Å²) in [5, 5.41) is 14.7. The van der Waals surface area contributed by atoms with Gasteiger partial charge >= 0.3 is 0 Å². The first-order valence-electron chi connectivity index (χ1n) is 6.42. The Morgan fingerprint density at radius 1 is 1.22 bits per heavy atom. The molecule has 0 radical (unpaired) electrons. The van der Waals surface area contributed by atoms with Crippen molar-refractivity contribution in [1.82, 2.24) is 9.78 Å². The monoisotopic (exact) mass is 244 g/mol. The Balaban J connectivity index is 2.47. The first-order chi connectivity index (χ1) is 8.54. The molecule has 96 valence electrons. The first-order valence-corrected chi connectivity index (χ1v) is 6.42. The van der Waals surface area contributed by atoms with E-state index in [1.165, 1.54) is 5.56 Å². The fourth-order valence-corrected chi connectivity index (χ4v) is 2.11. The highest BCUT2D eigenvalue weighted by molar-refractivity contribution is 5.67. The SMILES string of the molecule is CCc1ccc(-c2nn(C(C)C)c(C)c2O)cc1. The summed E-state index contributed by atoms with van der Waals surface area (Å²) in [7, 11) is 0. The van der Waals surface area contributed by atoms with Crippen molar-refractivity contribution in [2.45, 2.75) is 40.2 Å². The van der Waals surface area contributed by atoms with E-state index in [1.54, 1.807) is 0 Å². The third-order valence-corrected chi connectivity index (χ3v) is 3.24. The third-order valence-electron chi connectivity index (χ3n) is 3.24. The van der Waals surface area contributed by atoms with Crippen molar-refractivity contribution in [3.63, 3.8) is 0 Å². The van der Waals surface area contributed by atoms with Gasteiger partial charge in [0.25, 0.3) is 0 Å². The van der Waals surface area contributed by atoms with E-state index >= 15 is 0 Å². The second-order valence-corrected chi connectivity index (χ2v) is 4.87. The number of aromatic nitrogens is 2. The van der Waals surface area contributed by atoms with Crippen LogP contribution in [0.1, 0.15) is 38.1 Å². The number of aromatic hydroxyl groups is 1. The topological polar surface area (TPSA) is 38.0 Å². The molecule has 0 saturated carbocycles. The molecule has 1 aromatic heterocycles. The predicted octanol–water partition coefficient (Wildman–Crippen LogP) is 3.71. The molecule has 0 aliphatic rings. The molecule has 0 amide bonds. The Bertz CT molecular complexity index is 538. The largest absolute Gasteiger partial charge is 0.504 e. The molecule has 1 N–H and O–H groups in total. The van der Waals surface area contributed by atoms with Crippen LogP contribution >= 0.6 is 0 Å². The summed E-state index contributed by atoms with van der Waals surface area (Å²) in [5.41, 5.74) is 3.74. The van der Waals surface area contributed by atoms with Crippen molar-refractivity contribution in [3.05, 3.63) is 35.5 Å². The van der Waals surface area contributed by atoms with E-state index < -0.39 is 0 Å². The van der Waals surface area contributed by atoms with Gasteiger partial charge in [-0.3, -0.25) is 4.68 Å². The van der Waals surface area contributed by atoms with Gasteiger partial charge in [-0.2, -0.15) is 5.10 Å². The van der Waals surface area contributed by atoms with Crippen molar-refractivity contribution in [2.75, 3.05) is 0 Å². The summed E-state index contributed by atoms with van der Waals surface area (Å²) < 4.78 is 1.86. The zero-order valence-electron chi connectivity index (χ0n) is 11.4. The molecule has 0 fully saturated rings. The van der Waals surface area contributed by atoms with Gasteiger partial charge < -0.3 is 5.11 Å². The van der Waals surface area contributed by atoms with Crippen LogP contribution in [-0.2, 0) is 6.42 Å². The second-order valence-electron chi connectivity index (χ2n) is 4.87. The number of hydrogen-bond acceptors (Lipinski definition) is 2. The summed E-state index contributed by atoms with van der Waals surface area (Å²) in [4.78, 5) is 0. The molecule has 3 heteroatoms. The van der Waals surface area contributed by atoms with Crippen LogP contribution in [0.4, 0.5) is 0 Å². The maximum absolute atomic E-state index is 10.2. The fourth-order valence-electron chi connectivity index (χ4n) is 2.11. The van der Waals surface area contributed by atoms with Gasteiger partial charge in [0.05, 0.1) is 5.69 Å². The van der Waals surface area contributed by atoms with Crippen LogP contribution in [0.15, 0.2) is 24.3 Å². The molecule has 0 spiro atoms. The molecule has 2 aromatic rings. The van der Waals surface area contributed by atoms with E-state index in [1.807, 2.05) is 23.7 Å². The molecule has 2 rings (SSSR count). The molecular formula is C15H20N2O. The lowest BCUT2D eigenvalue weighted by atomic mass is 10.1. The Morgan fingerprint density at radius 3 is 2.28 bits per heavy atom. The van der Waals surface area contributed by atoms with Gasteiger partial charge in [-0.15, -0.1) is 0 Å². The third kappa shape index (κ3) is 2.13. The summed E-state index contributed by atoms with van der Waals surface area (Å²) >= 11 is 0. The minimum atomic E-state index is 0.250. The quantitative estimate of drug-likeness (QED) is 0.893. The predicted molar refractivity (Wildman–Crippen MR) is 73.8 cm³/mol. The van der Waals surface area contributed by atoms with Gasteiger partial charge in [0.1, 0.15) is 5.69 Å². The van der Waals surface area contributed by atoms with Gasteiger partial charge in [-0.25, -0.2) is 0 Å². The van der Waals surface area contributed by atoms with Crippen molar-refractivity contribution >= 4 is 0 Å². The molecule has 0 unspecified atom stereocenters. The smallest absolute Gasteiger partial charge is 0.164 e. The van der Waals surface area contributed by atoms with Crippen LogP contribution in [0.3, 0.4) is 0 Å². The average Bonchev–Trinajstić information content (AvgIpc) is 2.67. The molecule has 1 heterocycles. The lowest BCUT2D eigenvalue weighted by Gasteiger charge is -2.06. The lowest BCUT2D eigenvalue weighted by Crippen LogP contribution is -2.04. The summed E-state index contributed by atoms with van der Waals surface area (Å²) in [5.74, 6) is 0.285. The van der Waals surface area contributed by atoms with Gasteiger partial charge in [-0.1, -0.05) is 31.2 Å². The average molecular weight is 244 g/mol. The van der Waals surface area contributed by atoms with Gasteiger partial charge in [0, 0.05) is 11.6 Å². The second kappa shape index (κ2) is 4.84. The Morgan fingerprint density at radius 2 is 1.83 bits per heavy atom. The van der Waals surface area contributed by atoms with Crippen molar-refractivity contribution < 1.29 is 5.11 Å². The Hall–Kier alpha value is -1.77. The van der Waals surface area contributed by atoms with E-state index in [2.05, 4.69) is 38.0 Å². The first kappa shape index (κ1) is 12.7. The highest BCUT2D eigenvalue weighted by Crippen LogP contribution is 2.32. The normalized spacial score (nSPS) is 11.2. The zero-order chi connectivity index (χ0) is 13.3. The van der Waals surface area contributed by atoms with Crippen LogP contribution in [0.5, 0.6) is 5.75 Å². The molecule has 0 saturated heterocycles. The number of aryl methyl sites for hydroxylation is 1. The van der Waals surface area contributed by atoms with Crippen molar-refractivity contribution in [1.29, 1.82) is 0 Å². The van der Waals surface area contributed by atoms with Crippen LogP contribution in [0, 0.1) is 6.92 Å². The maximum atomic E-state index is 10.2. The number of rotatable bonds is 3. The number of benzene rings is 1. The van der Waals surface area contributed by atoms with E-state index in [-0.39, 0.29) is 11.8 Å². The van der Waals surface area contributed by atoms with Gasteiger partial charge in [-0.05, 0) is 32.8 Å². The van der Waals surface area contributed by atoms with Crippen LogP contribution in [0.2, 0.25) is 0 Å². The Kier molecular flexibility index (Phi) is 3.41. The molecule has 0 bridgehead atoms. The highest BCUT2D eigenvalue weighted by atomic mass is 16.3. The Labute approximate surface area is 108 Å². The minimum Gasteiger partial charge on any atom is -0.504 e. The van der Waals surface area contributed by atoms with Crippen LogP contribution in [0.25, 0.3) is 11.3 Å². The molecule has 0 atom stereocenters. The van der Waals surface area contributed by atoms with Crippen molar-refractivity contribution in [2.24, 2.45) is 0 Å². The minimum absolute atomic E-state index is 0.250. The summed E-state index contributed by atoms with van der Waals surface area (Å²) in [6.07, 6.45) is 1.02. The number of nitrogens with zero attached hydrogens (tertiary/aromatic N) is 2. The van der Waals surface area contributed by atoms with Crippen LogP contribution in [-0.4, -0.2) is 14.9 Å². The highest BCUT2D eigenvalue weighted by Gasteiger charge is 2.16. The molecule has 3 nitrogen and oxygen atoms in total. The summed E-state index contributed by atoms with van der Waals surface area (Å²) in [6.45, 7) is 8.14. The molecule has 1 aromatic carbocycles. The lowest BCUT2D eigenvalue weighted by molar-refractivity contribution is 0.461. The number of hydrogen-bond donors (Lipinski definition) is 1. The molecule has 0 aliphatic heterocycles. The fraction of sp³-hybridized carbons (Fsp3) is 0.400. The van der Waals surface area contributed by atoms with E-state index in [9.17, 15) is 5.11 Å². The summed E-state index contributed by atoms with van der Waals surface area (Å²) in [6, 6.07) is 8.45. The zero-order valence-corrected chi connectivity index (χ0v) is 11.4. The van der Waals surface area contributed by atoms with Crippen molar-refractivity contribution in [3.8, 4) is 17.0 Å². The van der Waals surface area contributed by atoms with E-state index in [0.717, 1.165) is 17.7 Å².